The highest BCUT2D eigenvalue weighted by atomic mass is 32.1. The van der Waals surface area contributed by atoms with Gasteiger partial charge in [-0.25, -0.2) is 4.98 Å². The molecule has 0 amide bonds. The molecule has 0 aromatic carbocycles. The zero-order valence-corrected chi connectivity index (χ0v) is 8.23. The molecule has 0 spiro atoms. The van der Waals surface area contributed by atoms with Crippen LogP contribution in [0.1, 0.15) is 24.1 Å². The standard InChI is InChI=1S/C8H14N2OS/c1-6(3-4-11-2)7-5-10-8(9)12-7/h5-6H,3-4H2,1-2H3,(H2,9,10). The number of nitrogens with two attached hydrogens (primary N) is 1. The highest BCUT2D eigenvalue weighted by molar-refractivity contribution is 7.15. The number of aromatic nitrogens is 1. The Balaban J connectivity index is 2.47. The average molecular weight is 186 g/mol. The van der Waals surface area contributed by atoms with Crippen LogP contribution in [0.25, 0.3) is 0 Å². The molecule has 4 heteroatoms. The average Bonchev–Trinajstić information content (AvgIpc) is 2.47. The molecule has 0 radical (unpaired) electrons. The summed E-state index contributed by atoms with van der Waals surface area (Å²) in [6.45, 7) is 2.95. The molecule has 2 N–H and O–H groups in total. The van der Waals surface area contributed by atoms with Gasteiger partial charge < -0.3 is 10.5 Å². The first-order chi connectivity index (χ1) is 5.74. The van der Waals surface area contributed by atoms with Gasteiger partial charge in [0.05, 0.1) is 0 Å². The van der Waals surface area contributed by atoms with E-state index in [-0.39, 0.29) is 0 Å². The summed E-state index contributed by atoms with van der Waals surface area (Å²) in [5, 5.41) is 0.647. The van der Waals surface area contributed by atoms with Crippen LogP contribution in [0.5, 0.6) is 0 Å². The molecule has 0 fully saturated rings. The van der Waals surface area contributed by atoms with Gasteiger partial charge in [-0.3, -0.25) is 0 Å². The second kappa shape index (κ2) is 4.42. The van der Waals surface area contributed by atoms with E-state index in [0.29, 0.717) is 11.0 Å². The van der Waals surface area contributed by atoms with E-state index >= 15 is 0 Å². The van der Waals surface area contributed by atoms with E-state index < -0.39 is 0 Å². The monoisotopic (exact) mass is 186 g/mol. The lowest BCUT2D eigenvalue weighted by Crippen LogP contribution is -1.96. The Morgan fingerprint density at radius 2 is 2.50 bits per heavy atom. The lowest BCUT2D eigenvalue weighted by molar-refractivity contribution is 0.189. The first-order valence-electron chi connectivity index (χ1n) is 3.94. The van der Waals surface area contributed by atoms with Crippen molar-refractivity contribution in [3.63, 3.8) is 0 Å². The van der Waals surface area contributed by atoms with Crippen LogP contribution in [0.3, 0.4) is 0 Å². The molecule has 0 bridgehead atoms. The van der Waals surface area contributed by atoms with E-state index in [0.717, 1.165) is 13.0 Å². The van der Waals surface area contributed by atoms with Crippen molar-refractivity contribution in [3.05, 3.63) is 11.1 Å². The minimum Gasteiger partial charge on any atom is -0.385 e. The number of rotatable bonds is 4. The van der Waals surface area contributed by atoms with Crippen LogP contribution in [0.15, 0.2) is 6.20 Å². The Hall–Kier alpha value is -0.610. The molecular formula is C8H14N2OS. The first kappa shape index (κ1) is 9.48. The quantitative estimate of drug-likeness (QED) is 0.780. The number of nitrogens with zero attached hydrogens (tertiary/aromatic N) is 1. The smallest absolute Gasteiger partial charge is 0.180 e. The number of hydrogen-bond donors (Lipinski definition) is 1. The molecule has 0 aliphatic heterocycles. The SMILES string of the molecule is COCCC(C)c1cnc(N)s1. The van der Waals surface area contributed by atoms with Crippen molar-refractivity contribution in [1.82, 2.24) is 4.98 Å². The Morgan fingerprint density at radius 1 is 1.75 bits per heavy atom. The molecule has 0 saturated carbocycles. The molecule has 0 aliphatic rings. The zero-order valence-electron chi connectivity index (χ0n) is 7.41. The van der Waals surface area contributed by atoms with Crippen LogP contribution >= 0.6 is 11.3 Å². The lowest BCUT2D eigenvalue weighted by atomic mass is 10.1. The molecule has 1 heterocycles. The van der Waals surface area contributed by atoms with Gasteiger partial charge in [-0.05, 0) is 12.3 Å². The van der Waals surface area contributed by atoms with Gasteiger partial charge >= 0.3 is 0 Å². The number of ether oxygens (including phenoxy) is 1. The summed E-state index contributed by atoms with van der Waals surface area (Å²) < 4.78 is 4.99. The van der Waals surface area contributed by atoms with E-state index in [1.54, 1.807) is 18.4 Å². The summed E-state index contributed by atoms with van der Waals surface area (Å²) in [4.78, 5) is 5.24. The van der Waals surface area contributed by atoms with Crippen LogP contribution in [0.2, 0.25) is 0 Å². The normalized spacial score (nSPS) is 13.2. The number of nitrogen functional groups attached to an aromatic ring is 1. The third-order valence-electron chi connectivity index (χ3n) is 1.78. The van der Waals surface area contributed by atoms with Gasteiger partial charge in [-0.2, -0.15) is 0 Å². The van der Waals surface area contributed by atoms with Gasteiger partial charge in [0.25, 0.3) is 0 Å². The summed E-state index contributed by atoms with van der Waals surface area (Å²) in [7, 11) is 1.72. The van der Waals surface area contributed by atoms with Crippen LogP contribution in [0, 0.1) is 0 Å². The summed E-state index contributed by atoms with van der Waals surface area (Å²) in [5.74, 6) is 0.500. The molecule has 3 nitrogen and oxygen atoms in total. The summed E-state index contributed by atoms with van der Waals surface area (Å²) in [6, 6.07) is 0. The van der Waals surface area contributed by atoms with Crippen molar-refractivity contribution in [2.24, 2.45) is 0 Å². The van der Waals surface area contributed by atoms with Crippen molar-refractivity contribution in [2.45, 2.75) is 19.3 Å². The maximum atomic E-state index is 5.52. The maximum Gasteiger partial charge on any atom is 0.180 e. The molecular weight excluding hydrogens is 172 g/mol. The third kappa shape index (κ3) is 2.46. The third-order valence-corrected chi connectivity index (χ3v) is 2.84. The van der Waals surface area contributed by atoms with Gasteiger partial charge in [0.15, 0.2) is 5.13 Å². The number of thiazole rings is 1. The fourth-order valence-electron chi connectivity index (χ4n) is 0.965. The topological polar surface area (TPSA) is 48.1 Å². The first-order valence-corrected chi connectivity index (χ1v) is 4.76. The van der Waals surface area contributed by atoms with E-state index in [9.17, 15) is 0 Å². The number of hydrogen-bond acceptors (Lipinski definition) is 4. The van der Waals surface area contributed by atoms with Gasteiger partial charge in [-0.1, -0.05) is 6.92 Å². The predicted molar refractivity (Wildman–Crippen MR) is 51.4 cm³/mol. The predicted octanol–water partition coefficient (Wildman–Crippen LogP) is 1.87. The van der Waals surface area contributed by atoms with Crippen molar-refractivity contribution >= 4 is 16.5 Å². The molecule has 1 atom stereocenters. The Bertz CT molecular complexity index is 237. The Morgan fingerprint density at radius 3 is 3.00 bits per heavy atom. The molecule has 1 unspecified atom stereocenters. The van der Waals surface area contributed by atoms with E-state index in [2.05, 4.69) is 11.9 Å². The lowest BCUT2D eigenvalue weighted by Gasteiger charge is -2.06. The molecule has 1 rings (SSSR count). The van der Waals surface area contributed by atoms with E-state index in [1.807, 2.05) is 6.20 Å². The number of methoxy groups -OCH3 is 1. The second-order valence-electron chi connectivity index (χ2n) is 2.78. The van der Waals surface area contributed by atoms with Gasteiger partial charge in [0, 0.05) is 24.8 Å². The highest BCUT2D eigenvalue weighted by Gasteiger charge is 2.07. The minimum absolute atomic E-state index is 0.500. The van der Waals surface area contributed by atoms with Crippen LogP contribution in [-0.4, -0.2) is 18.7 Å². The maximum absolute atomic E-state index is 5.52. The van der Waals surface area contributed by atoms with Crippen LogP contribution < -0.4 is 5.73 Å². The minimum atomic E-state index is 0.500. The van der Waals surface area contributed by atoms with Crippen molar-refractivity contribution in [1.29, 1.82) is 0 Å². The second-order valence-corrected chi connectivity index (χ2v) is 3.88. The van der Waals surface area contributed by atoms with Crippen molar-refractivity contribution in [2.75, 3.05) is 19.5 Å². The Labute approximate surface area is 76.6 Å². The fourth-order valence-corrected chi connectivity index (χ4v) is 1.74. The molecule has 0 saturated heterocycles. The largest absolute Gasteiger partial charge is 0.385 e. The fraction of sp³-hybridized carbons (Fsp3) is 0.625. The Kier molecular flexibility index (Phi) is 3.49. The van der Waals surface area contributed by atoms with Crippen LogP contribution in [-0.2, 0) is 4.74 Å². The van der Waals surface area contributed by atoms with E-state index in [4.69, 9.17) is 10.5 Å². The zero-order chi connectivity index (χ0) is 8.97. The summed E-state index contributed by atoms with van der Waals surface area (Å²) >= 11 is 1.56. The van der Waals surface area contributed by atoms with Gasteiger partial charge in [-0.15, -0.1) is 11.3 Å². The van der Waals surface area contributed by atoms with Crippen molar-refractivity contribution < 1.29 is 4.74 Å². The molecule has 12 heavy (non-hydrogen) atoms. The van der Waals surface area contributed by atoms with Gasteiger partial charge in [0.1, 0.15) is 0 Å². The molecule has 1 aromatic rings. The van der Waals surface area contributed by atoms with Gasteiger partial charge in [0.2, 0.25) is 0 Å². The molecule has 0 aliphatic carbocycles. The molecule has 1 aromatic heterocycles. The summed E-state index contributed by atoms with van der Waals surface area (Å²) in [5.41, 5.74) is 5.52. The summed E-state index contributed by atoms with van der Waals surface area (Å²) in [6.07, 6.45) is 2.87. The van der Waals surface area contributed by atoms with Crippen molar-refractivity contribution in [3.8, 4) is 0 Å². The molecule has 68 valence electrons. The van der Waals surface area contributed by atoms with Crippen LogP contribution in [0.4, 0.5) is 5.13 Å². The number of anilines is 1. The van der Waals surface area contributed by atoms with E-state index in [1.165, 1.54) is 4.88 Å². The highest BCUT2D eigenvalue weighted by Crippen LogP contribution is 2.25.